The second-order valence-corrected chi connectivity index (χ2v) is 9.10. The number of hydrogen-bond acceptors (Lipinski definition) is 6. The quantitative estimate of drug-likeness (QED) is 0.381. The predicted molar refractivity (Wildman–Crippen MR) is 131 cm³/mol. The molecule has 4 aromatic rings. The van der Waals surface area contributed by atoms with Crippen LogP contribution in [-0.2, 0) is 4.79 Å². The number of furan rings is 1. The van der Waals surface area contributed by atoms with Crippen LogP contribution in [-0.4, -0.2) is 60.7 Å². The van der Waals surface area contributed by atoms with Gasteiger partial charge in [0.05, 0.1) is 23.8 Å². The summed E-state index contributed by atoms with van der Waals surface area (Å²) in [5.74, 6) is -2.11. The number of rotatable bonds is 4. The van der Waals surface area contributed by atoms with Crippen molar-refractivity contribution in [3.8, 4) is 11.3 Å². The number of amides is 1. The highest BCUT2D eigenvalue weighted by atomic mass is 19.4. The van der Waals surface area contributed by atoms with Crippen molar-refractivity contribution in [1.29, 1.82) is 0 Å². The minimum absolute atomic E-state index is 0.0409. The molecule has 0 unspecified atom stereocenters. The summed E-state index contributed by atoms with van der Waals surface area (Å²) in [5, 5.41) is 7.12. The third-order valence-electron chi connectivity index (χ3n) is 6.25. The molecule has 0 aliphatic carbocycles. The van der Waals surface area contributed by atoms with Crippen molar-refractivity contribution >= 4 is 22.9 Å². The molecule has 0 spiro atoms. The van der Waals surface area contributed by atoms with Gasteiger partial charge in [0.15, 0.2) is 5.76 Å². The Morgan fingerprint density at radius 3 is 2.42 bits per heavy atom. The Morgan fingerprint density at radius 1 is 1.16 bits per heavy atom. The van der Waals surface area contributed by atoms with Crippen LogP contribution < -0.4 is 0 Å². The van der Waals surface area contributed by atoms with Gasteiger partial charge in [-0.2, -0.15) is 13.2 Å². The summed E-state index contributed by atoms with van der Waals surface area (Å²) >= 11 is 0. The average Bonchev–Trinajstić information content (AvgIpc) is 3.59. The highest BCUT2D eigenvalue weighted by Crippen LogP contribution is 2.34. The van der Waals surface area contributed by atoms with Crippen LogP contribution in [0.1, 0.15) is 54.9 Å². The lowest BCUT2D eigenvalue weighted by atomic mass is 9.92. The molecular weight excluding hydrogens is 503 g/mol. The number of nitrogens with zero attached hydrogens (tertiary/aromatic N) is 5. The minimum Gasteiger partial charge on any atom is -0.475 e. The Morgan fingerprint density at radius 2 is 1.87 bits per heavy atom. The summed E-state index contributed by atoms with van der Waals surface area (Å²) < 4.78 is 39.2. The van der Waals surface area contributed by atoms with Crippen LogP contribution in [0.2, 0.25) is 0 Å². The Hall–Kier alpha value is -4.22. The lowest BCUT2D eigenvalue weighted by Gasteiger charge is -2.31. The maximum atomic E-state index is 12.6. The number of carboxylic acid groups (broad SMARTS) is 1. The summed E-state index contributed by atoms with van der Waals surface area (Å²) in [4.78, 5) is 37.4. The molecule has 1 aliphatic rings. The molecule has 1 N–H and O–H groups in total. The number of imidazole rings is 1. The van der Waals surface area contributed by atoms with Crippen molar-refractivity contribution in [3.05, 3.63) is 66.8 Å². The zero-order chi connectivity index (χ0) is 27.4. The molecule has 0 aromatic carbocycles. The number of aromatic nitrogens is 4. The van der Waals surface area contributed by atoms with E-state index < -0.39 is 12.1 Å². The van der Waals surface area contributed by atoms with Crippen LogP contribution in [0.4, 0.5) is 13.2 Å². The Balaban J connectivity index is 0.000000426. The highest BCUT2D eigenvalue weighted by Gasteiger charge is 2.38. The van der Waals surface area contributed by atoms with Crippen molar-refractivity contribution in [3.63, 3.8) is 0 Å². The summed E-state index contributed by atoms with van der Waals surface area (Å²) in [6.07, 6.45) is 3.69. The summed E-state index contributed by atoms with van der Waals surface area (Å²) in [6.45, 7) is 5.69. The molecule has 1 saturated heterocycles. The molecular formula is C26H26F3N5O4. The number of hydrogen-bond donors (Lipinski definition) is 1. The van der Waals surface area contributed by atoms with Crippen molar-refractivity contribution in [2.24, 2.45) is 0 Å². The lowest BCUT2D eigenvalue weighted by molar-refractivity contribution is -0.192. The van der Waals surface area contributed by atoms with Crippen molar-refractivity contribution in [2.75, 3.05) is 13.1 Å². The molecule has 200 valence electrons. The number of pyridine rings is 2. The fourth-order valence-corrected chi connectivity index (χ4v) is 4.31. The number of aliphatic carboxylic acids is 1. The maximum absolute atomic E-state index is 12.6. The third kappa shape index (κ3) is 5.84. The molecule has 38 heavy (non-hydrogen) atoms. The van der Waals surface area contributed by atoms with Gasteiger partial charge < -0.3 is 19.0 Å². The fourth-order valence-electron chi connectivity index (χ4n) is 4.31. The number of alkyl halides is 3. The van der Waals surface area contributed by atoms with E-state index in [9.17, 15) is 18.0 Å². The molecule has 9 nitrogen and oxygen atoms in total. The van der Waals surface area contributed by atoms with Crippen LogP contribution in [0.5, 0.6) is 0 Å². The van der Waals surface area contributed by atoms with Crippen molar-refractivity contribution in [2.45, 2.75) is 44.8 Å². The normalized spacial score (nSPS) is 14.4. The van der Waals surface area contributed by atoms with Gasteiger partial charge in [0, 0.05) is 48.7 Å². The van der Waals surface area contributed by atoms with Gasteiger partial charge in [-0.05, 0) is 57.0 Å². The zero-order valence-corrected chi connectivity index (χ0v) is 20.7. The van der Waals surface area contributed by atoms with E-state index >= 15 is 0 Å². The number of carbonyl (C=O) groups is 2. The minimum atomic E-state index is -5.08. The molecule has 0 radical (unpaired) electrons. The van der Waals surface area contributed by atoms with Crippen LogP contribution in [0.3, 0.4) is 0 Å². The van der Waals surface area contributed by atoms with E-state index in [-0.39, 0.29) is 11.8 Å². The number of likely N-dealkylation sites (tertiary alicyclic amines) is 1. The third-order valence-corrected chi connectivity index (χ3v) is 6.25. The first-order chi connectivity index (χ1) is 18.1. The van der Waals surface area contributed by atoms with Crippen LogP contribution >= 0.6 is 0 Å². The molecule has 1 fully saturated rings. The van der Waals surface area contributed by atoms with Crippen LogP contribution in [0.15, 0.2) is 59.7 Å². The first kappa shape index (κ1) is 26.8. The van der Waals surface area contributed by atoms with Gasteiger partial charge in [0.25, 0.3) is 5.91 Å². The molecule has 4 aromatic heterocycles. The molecule has 0 bridgehead atoms. The smallest absolute Gasteiger partial charge is 0.475 e. The Kier molecular flexibility index (Phi) is 7.79. The van der Waals surface area contributed by atoms with Gasteiger partial charge in [-0.25, -0.2) is 9.78 Å². The molecule has 0 atom stereocenters. The SMILES string of the molecule is CC(C)n1cnc2c(-c3cccnc3)nc(C3CCN(C(=O)c4ccco4)CC3)cc21.O=C(O)C(F)(F)F. The van der Waals surface area contributed by atoms with E-state index in [2.05, 4.69) is 34.4 Å². The highest BCUT2D eigenvalue weighted by molar-refractivity contribution is 5.91. The number of carbonyl (C=O) groups excluding carboxylic acids is 1. The molecule has 5 rings (SSSR count). The number of halogens is 3. The van der Waals surface area contributed by atoms with E-state index in [0.29, 0.717) is 24.9 Å². The van der Waals surface area contributed by atoms with Gasteiger partial charge in [-0.3, -0.25) is 14.8 Å². The fraction of sp³-hybridized carbons (Fsp3) is 0.346. The average molecular weight is 530 g/mol. The van der Waals surface area contributed by atoms with E-state index in [1.165, 1.54) is 6.26 Å². The van der Waals surface area contributed by atoms with E-state index in [4.69, 9.17) is 19.3 Å². The molecule has 0 saturated carbocycles. The maximum Gasteiger partial charge on any atom is 0.490 e. The van der Waals surface area contributed by atoms with Crippen LogP contribution in [0, 0.1) is 0 Å². The van der Waals surface area contributed by atoms with E-state index in [1.54, 1.807) is 18.3 Å². The standard InChI is InChI=1S/C24H25N5O2.C2HF3O2/c1-16(2)29-15-26-23-20(29)13-19(27-22(23)18-5-3-9-25-14-18)17-7-10-28(11-8-17)24(30)21-6-4-12-31-21;3-2(4,5)1(6)7/h3-6,9,12-17H,7-8,10-11H2,1-2H3;(H,6,7). The number of carboxylic acids is 1. The summed E-state index contributed by atoms with van der Waals surface area (Å²) in [5.41, 5.74) is 4.88. The Bertz CT molecular complexity index is 1390. The summed E-state index contributed by atoms with van der Waals surface area (Å²) in [7, 11) is 0. The zero-order valence-electron chi connectivity index (χ0n) is 20.7. The first-order valence-electron chi connectivity index (χ1n) is 12.0. The second kappa shape index (κ2) is 11.0. The van der Waals surface area contributed by atoms with Gasteiger partial charge in [0.1, 0.15) is 5.52 Å². The van der Waals surface area contributed by atoms with Gasteiger partial charge in [-0.15, -0.1) is 0 Å². The van der Waals surface area contributed by atoms with Crippen LogP contribution in [0.25, 0.3) is 22.3 Å². The van der Waals surface area contributed by atoms with Crippen molar-refractivity contribution < 1.29 is 32.3 Å². The second-order valence-electron chi connectivity index (χ2n) is 9.10. The number of fused-ring (bicyclic) bond motifs is 1. The summed E-state index contributed by atoms with van der Waals surface area (Å²) in [6, 6.07) is 9.89. The topological polar surface area (TPSA) is 114 Å². The molecule has 12 heteroatoms. The van der Waals surface area contributed by atoms with Gasteiger partial charge >= 0.3 is 12.1 Å². The predicted octanol–water partition coefficient (Wildman–Crippen LogP) is 5.32. The lowest BCUT2D eigenvalue weighted by Crippen LogP contribution is -2.37. The van der Waals surface area contributed by atoms with E-state index in [0.717, 1.165) is 40.8 Å². The number of piperidine rings is 1. The molecule has 1 aliphatic heterocycles. The molecule has 1 amide bonds. The molecule has 5 heterocycles. The Labute approximate surface area is 215 Å². The van der Waals surface area contributed by atoms with Gasteiger partial charge in [0.2, 0.25) is 0 Å². The van der Waals surface area contributed by atoms with Crippen molar-refractivity contribution in [1.82, 2.24) is 24.4 Å². The largest absolute Gasteiger partial charge is 0.490 e. The van der Waals surface area contributed by atoms with Gasteiger partial charge in [-0.1, -0.05) is 0 Å². The first-order valence-corrected chi connectivity index (χ1v) is 12.0. The monoisotopic (exact) mass is 529 g/mol. The van der Waals surface area contributed by atoms with E-state index in [1.807, 2.05) is 29.6 Å².